The number of nitrogens with one attached hydrogen (secondary N) is 1. The zero-order chi connectivity index (χ0) is 10.7. The molecule has 0 amide bonds. The molecule has 0 saturated carbocycles. The number of hydrogen-bond acceptors (Lipinski definition) is 3. The van der Waals surface area contributed by atoms with Crippen LogP contribution in [-0.4, -0.2) is 26.0 Å². The van der Waals surface area contributed by atoms with Crippen LogP contribution in [0, 0.1) is 0 Å². The van der Waals surface area contributed by atoms with Gasteiger partial charge in [-0.15, -0.1) is 0 Å². The van der Waals surface area contributed by atoms with E-state index in [9.17, 15) is 0 Å². The van der Waals surface area contributed by atoms with Gasteiger partial charge in [0.1, 0.15) is 5.75 Å². The van der Waals surface area contributed by atoms with Crippen molar-refractivity contribution in [1.82, 2.24) is 5.32 Å². The van der Waals surface area contributed by atoms with Crippen molar-refractivity contribution in [3.63, 3.8) is 0 Å². The molecule has 1 saturated heterocycles. The van der Waals surface area contributed by atoms with E-state index in [0.29, 0.717) is 5.25 Å². The molecule has 2 rings (SSSR count). The molecule has 1 heterocycles. The smallest absolute Gasteiger partial charge is 0.123 e. The van der Waals surface area contributed by atoms with Crippen LogP contribution >= 0.6 is 27.7 Å². The van der Waals surface area contributed by atoms with E-state index >= 15 is 0 Å². The van der Waals surface area contributed by atoms with Gasteiger partial charge in [0.25, 0.3) is 0 Å². The third-order valence-corrected chi connectivity index (χ3v) is 4.22. The minimum Gasteiger partial charge on any atom is -0.496 e. The topological polar surface area (TPSA) is 21.3 Å². The molecule has 82 valence electrons. The molecule has 0 aromatic heterocycles. The van der Waals surface area contributed by atoms with Gasteiger partial charge in [-0.25, -0.2) is 0 Å². The molecule has 1 aromatic carbocycles. The number of rotatable bonds is 2. The summed E-state index contributed by atoms with van der Waals surface area (Å²) in [7, 11) is 1.73. The van der Waals surface area contributed by atoms with Crippen LogP contribution in [0.15, 0.2) is 22.7 Å². The molecule has 2 nitrogen and oxygen atoms in total. The Morgan fingerprint density at radius 3 is 3.07 bits per heavy atom. The lowest BCUT2D eigenvalue weighted by Crippen LogP contribution is -2.28. The van der Waals surface area contributed by atoms with Crippen molar-refractivity contribution in [2.75, 3.05) is 26.0 Å². The maximum Gasteiger partial charge on any atom is 0.123 e. The third kappa shape index (κ3) is 2.68. The maximum atomic E-state index is 5.39. The normalized spacial score (nSPS) is 21.3. The number of thioether (sulfide) groups is 1. The van der Waals surface area contributed by atoms with Gasteiger partial charge in [0.05, 0.1) is 7.11 Å². The summed E-state index contributed by atoms with van der Waals surface area (Å²) in [6.45, 7) is 2.13. The van der Waals surface area contributed by atoms with Crippen molar-refractivity contribution in [2.45, 2.75) is 5.25 Å². The van der Waals surface area contributed by atoms with E-state index in [2.05, 4.69) is 27.3 Å². The minimum atomic E-state index is 0.506. The summed E-state index contributed by atoms with van der Waals surface area (Å²) in [5, 5.41) is 3.92. The SMILES string of the molecule is COc1ccc(Br)cc1C1CNCCS1. The Morgan fingerprint density at radius 1 is 1.53 bits per heavy atom. The highest BCUT2D eigenvalue weighted by molar-refractivity contribution is 9.10. The highest BCUT2D eigenvalue weighted by atomic mass is 79.9. The fourth-order valence-corrected chi connectivity index (χ4v) is 3.25. The molecular weight excluding hydrogens is 274 g/mol. The first-order valence-corrected chi connectivity index (χ1v) is 6.81. The molecule has 1 unspecified atom stereocenters. The Balaban J connectivity index is 2.27. The molecule has 4 heteroatoms. The number of halogens is 1. The van der Waals surface area contributed by atoms with Crippen LogP contribution < -0.4 is 10.1 Å². The van der Waals surface area contributed by atoms with Crippen molar-refractivity contribution >= 4 is 27.7 Å². The standard InChI is InChI=1S/C11H14BrNOS/c1-14-10-3-2-8(12)6-9(10)11-7-13-4-5-15-11/h2-3,6,11,13H,4-5,7H2,1H3. The summed E-state index contributed by atoms with van der Waals surface area (Å²) in [5.41, 5.74) is 1.28. The predicted octanol–water partition coefficient (Wildman–Crippen LogP) is 2.84. The van der Waals surface area contributed by atoms with Crippen molar-refractivity contribution in [1.29, 1.82) is 0 Å². The fourth-order valence-electron chi connectivity index (χ4n) is 1.72. The second-order valence-electron chi connectivity index (χ2n) is 3.45. The molecular formula is C11H14BrNOS. The third-order valence-electron chi connectivity index (χ3n) is 2.47. The van der Waals surface area contributed by atoms with Crippen LogP contribution in [0.1, 0.15) is 10.8 Å². The average molecular weight is 288 g/mol. The van der Waals surface area contributed by atoms with Crippen molar-refractivity contribution in [3.05, 3.63) is 28.2 Å². The first kappa shape index (κ1) is 11.3. The Kier molecular flexibility index (Phi) is 3.94. The van der Waals surface area contributed by atoms with Crippen molar-refractivity contribution in [3.8, 4) is 5.75 Å². The van der Waals surface area contributed by atoms with Gasteiger partial charge in [0, 0.05) is 34.1 Å². The molecule has 0 spiro atoms. The van der Waals surface area contributed by atoms with Crippen molar-refractivity contribution in [2.24, 2.45) is 0 Å². The predicted molar refractivity (Wildman–Crippen MR) is 68.8 cm³/mol. The quantitative estimate of drug-likeness (QED) is 0.904. The summed E-state index contributed by atoms with van der Waals surface area (Å²) in [4.78, 5) is 0. The number of methoxy groups -OCH3 is 1. The lowest BCUT2D eigenvalue weighted by molar-refractivity contribution is 0.408. The minimum absolute atomic E-state index is 0.506. The molecule has 0 bridgehead atoms. The second-order valence-corrected chi connectivity index (χ2v) is 5.68. The van der Waals surface area contributed by atoms with Crippen LogP contribution in [0.2, 0.25) is 0 Å². The summed E-state index contributed by atoms with van der Waals surface area (Å²) in [5.74, 6) is 2.15. The van der Waals surface area contributed by atoms with Gasteiger partial charge in [0.2, 0.25) is 0 Å². The lowest BCUT2D eigenvalue weighted by Gasteiger charge is -2.24. The van der Waals surface area contributed by atoms with Crippen LogP contribution in [0.5, 0.6) is 5.75 Å². The van der Waals surface area contributed by atoms with E-state index in [1.807, 2.05) is 23.9 Å². The van der Waals surface area contributed by atoms with E-state index in [1.54, 1.807) is 7.11 Å². The van der Waals surface area contributed by atoms with E-state index in [4.69, 9.17) is 4.74 Å². The second kappa shape index (κ2) is 5.23. The zero-order valence-electron chi connectivity index (χ0n) is 8.63. The van der Waals surface area contributed by atoms with Crippen LogP contribution in [0.4, 0.5) is 0 Å². The number of ether oxygens (including phenoxy) is 1. The van der Waals surface area contributed by atoms with Crippen molar-refractivity contribution < 1.29 is 4.74 Å². The Bertz CT molecular complexity index is 339. The average Bonchev–Trinajstić information content (AvgIpc) is 2.30. The molecule has 1 fully saturated rings. The van der Waals surface area contributed by atoms with Gasteiger partial charge in [-0.2, -0.15) is 11.8 Å². The summed E-state index contributed by atoms with van der Waals surface area (Å²) < 4.78 is 6.51. The molecule has 0 aliphatic carbocycles. The molecule has 1 atom stereocenters. The number of hydrogen-bond donors (Lipinski definition) is 1. The van der Waals surface area contributed by atoms with Gasteiger partial charge < -0.3 is 10.1 Å². The van der Waals surface area contributed by atoms with E-state index < -0.39 is 0 Å². The first-order valence-electron chi connectivity index (χ1n) is 4.97. The van der Waals surface area contributed by atoms with Crippen LogP contribution in [-0.2, 0) is 0 Å². The van der Waals surface area contributed by atoms with Gasteiger partial charge >= 0.3 is 0 Å². The molecule has 1 aromatic rings. The van der Waals surface area contributed by atoms with Gasteiger partial charge in [0.15, 0.2) is 0 Å². The molecule has 15 heavy (non-hydrogen) atoms. The summed E-state index contributed by atoms with van der Waals surface area (Å²) in [6, 6.07) is 6.20. The Morgan fingerprint density at radius 2 is 2.40 bits per heavy atom. The van der Waals surface area contributed by atoms with E-state index in [-0.39, 0.29) is 0 Å². The van der Waals surface area contributed by atoms with Gasteiger partial charge in [-0.3, -0.25) is 0 Å². The van der Waals surface area contributed by atoms with Crippen LogP contribution in [0.25, 0.3) is 0 Å². The largest absolute Gasteiger partial charge is 0.496 e. The van der Waals surface area contributed by atoms with Gasteiger partial charge in [-0.1, -0.05) is 15.9 Å². The summed E-state index contributed by atoms with van der Waals surface area (Å²) >= 11 is 5.50. The van der Waals surface area contributed by atoms with Crippen LogP contribution in [0.3, 0.4) is 0 Å². The highest BCUT2D eigenvalue weighted by Gasteiger charge is 2.19. The molecule has 1 aliphatic rings. The maximum absolute atomic E-state index is 5.39. The van der Waals surface area contributed by atoms with E-state index in [1.165, 1.54) is 11.3 Å². The monoisotopic (exact) mass is 287 g/mol. The zero-order valence-corrected chi connectivity index (χ0v) is 11.0. The molecule has 1 N–H and O–H groups in total. The van der Waals surface area contributed by atoms with E-state index in [0.717, 1.165) is 23.3 Å². The lowest BCUT2D eigenvalue weighted by atomic mass is 10.1. The molecule has 0 radical (unpaired) electrons. The fraction of sp³-hybridized carbons (Fsp3) is 0.455. The summed E-state index contributed by atoms with van der Waals surface area (Å²) in [6.07, 6.45) is 0. The van der Waals surface area contributed by atoms with Gasteiger partial charge in [-0.05, 0) is 18.2 Å². The highest BCUT2D eigenvalue weighted by Crippen LogP contribution is 2.37. The molecule has 1 aliphatic heterocycles. The Labute approximate surface area is 103 Å². The Hall–Kier alpha value is -0.190. The first-order chi connectivity index (χ1) is 7.31. The number of benzene rings is 1.